The smallest absolute Gasteiger partial charge is 0.158 e. The molecular formula is C10H14N4. The molecule has 2 N–H and O–H groups in total. The fourth-order valence-corrected chi connectivity index (χ4v) is 1.63. The van der Waals surface area contributed by atoms with Crippen LogP contribution in [0.15, 0.2) is 12.4 Å². The molecule has 0 saturated carbocycles. The van der Waals surface area contributed by atoms with Crippen LogP contribution >= 0.6 is 0 Å². The van der Waals surface area contributed by atoms with Gasteiger partial charge in [0.25, 0.3) is 0 Å². The van der Waals surface area contributed by atoms with Gasteiger partial charge in [0, 0.05) is 18.8 Å². The summed E-state index contributed by atoms with van der Waals surface area (Å²) in [6.07, 6.45) is 4.76. The van der Waals surface area contributed by atoms with Crippen molar-refractivity contribution in [3.05, 3.63) is 29.5 Å². The zero-order chi connectivity index (χ0) is 10.1. The third-order valence-electron chi connectivity index (χ3n) is 2.13. The average molecular weight is 190 g/mol. The Morgan fingerprint density at radius 1 is 1.21 bits per heavy atom. The molecule has 0 atom stereocenters. The van der Waals surface area contributed by atoms with E-state index in [1.165, 1.54) is 0 Å². The van der Waals surface area contributed by atoms with Gasteiger partial charge in [-0.1, -0.05) is 0 Å². The quantitative estimate of drug-likeness (QED) is 0.763. The van der Waals surface area contributed by atoms with Crippen LogP contribution < -0.4 is 5.73 Å². The molecule has 2 heterocycles. The van der Waals surface area contributed by atoms with Crippen LogP contribution in [0.2, 0.25) is 0 Å². The molecule has 0 bridgehead atoms. The van der Waals surface area contributed by atoms with E-state index in [1.54, 1.807) is 0 Å². The van der Waals surface area contributed by atoms with Crippen LogP contribution in [-0.2, 0) is 6.42 Å². The first-order chi connectivity index (χ1) is 6.70. The summed E-state index contributed by atoms with van der Waals surface area (Å²) in [6.45, 7) is 4.57. The van der Waals surface area contributed by atoms with Crippen molar-refractivity contribution in [1.82, 2.24) is 14.4 Å². The van der Waals surface area contributed by atoms with E-state index >= 15 is 0 Å². The van der Waals surface area contributed by atoms with Crippen molar-refractivity contribution in [3.63, 3.8) is 0 Å². The molecule has 2 rings (SSSR count). The molecule has 74 valence electrons. The summed E-state index contributed by atoms with van der Waals surface area (Å²) in [5, 5.41) is 0. The van der Waals surface area contributed by atoms with Crippen molar-refractivity contribution in [2.75, 3.05) is 6.54 Å². The van der Waals surface area contributed by atoms with E-state index in [2.05, 4.69) is 9.97 Å². The maximum absolute atomic E-state index is 5.53. The third kappa shape index (κ3) is 1.48. The molecule has 4 nitrogen and oxygen atoms in total. The van der Waals surface area contributed by atoms with Gasteiger partial charge in [-0.3, -0.25) is 4.98 Å². The average Bonchev–Trinajstić information content (AvgIpc) is 2.45. The summed E-state index contributed by atoms with van der Waals surface area (Å²) < 4.78 is 2.02. The number of hydrogen-bond acceptors (Lipinski definition) is 3. The summed E-state index contributed by atoms with van der Waals surface area (Å²) >= 11 is 0. The maximum Gasteiger partial charge on any atom is 0.158 e. The molecule has 2 aromatic rings. The van der Waals surface area contributed by atoms with Gasteiger partial charge in [0.15, 0.2) is 5.65 Å². The molecule has 0 aromatic carbocycles. The molecule has 0 unspecified atom stereocenters. The van der Waals surface area contributed by atoms with Crippen LogP contribution in [-0.4, -0.2) is 20.9 Å². The van der Waals surface area contributed by atoms with Crippen LogP contribution in [0.1, 0.15) is 17.1 Å². The van der Waals surface area contributed by atoms with Gasteiger partial charge in [-0.05, 0) is 20.4 Å². The second-order valence-corrected chi connectivity index (χ2v) is 3.48. The molecule has 0 fully saturated rings. The fourth-order valence-electron chi connectivity index (χ4n) is 1.63. The molecular weight excluding hydrogens is 176 g/mol. The Morgan fingerprint density at radius 3 is 2.50 bits per heavy atom. The van der Waals surface area contributed by atoms with Crippen molar-refractivity contribution in [2.24, 2.45) is 5.73 Å². The SMILES string of the molecule is Cc1cn2cc(C)nc2c(CCN)n1. The minimum atomic E-state index is 0.609. The van der Waals surface area contributed by atoms with Crippen molar-refractivity contribution in [3.8, 4) is 0 Å². The van der Waals surface area contributed by atoms with Crippen LogP contribution in [0.5, 0.6) is 0 Å². The van der Waals surface area contributed by atoms with Gasteiger partial charge < -0.3 is 10.1 Å². The molecule has 0 spiro atoms. The molecule has 0 aliphatic rings. The highest BCUT2D eigenvalue weighted by Gasteiger charge is 2.06. The van der Waals surface area contributed by atoms with Crippen LogP contribution in [0, 0.1) is 13.8 Å². The topological polar surface area (TPSA) is 56.2 Å². The molecule has 0 aliphatic carbocycles. The highest BCUT2D eigenvalue weighted by atomic mass is 15.0. The Morgan fingerprint density at radius 2 is 1.86 bits per heavy atom. The lowest BCUT2D eigenvalue weighted by molar-refractivity contribution is 0.895. The highest BCUT2D eigenvalue weighted by Crippen LogP contribution is 2.10. The second-order valence-electron chi connectivity index (χ2n) is 3.48. The summed E-state index contributed by atoms with van der Waals surface area (Å²) in [5.74, 6) is 0. The van der Waals surface area contributed by atoms with E-state index in [9.17, 15) is 0 Å². The van der Waals surface area contributed by atoms with Gasteiger partial charge >= 0.3 is 0 Å². The summed E-state index contributed by atoms with van der Waals surface area (Å²) in [4.78, 5) is 8.86. The minimum absolute atomic E-state index is 0.609. The number of fused-ring (bicyclic) bond motifs is 1. The Hall–Kier alpha value is -1.42. The first kappa shape index (κ1) is 9.15. The molecule has 0 amide bonds. The molecule has 2 aromatic heterocycles. The van der Waals surface area contributed by atoms with Crippen LogP contribution in [0.4, 0.5) is 0 Å². The van der Waals surface area contributed by atoms with Crippen molar-refractivity contribution in [1.29, 1.82) is 0 Å². The van der Waals surface area contributed by atoms with Gasteiger partial charge in [0.2, 0.25) is 0 Å². The van der Waals surface area contributed by atoms with Crippen molar-refractivity contribution >= 4 is 5.65 Å². The van der Waals surface area contributed by atoms with Crippen molar-refractivity contribution < 1.29 is 0 Å². The predicted molar refractivity (Wildman–Crippen MR) is 55.2 cm³/mol. The number of rotatable bonds is 2. The van der Waals surface area contributed by atoms with Gasteiger partial charge in [0.1, 0.15) is 0 Å². The third-order valence-corrected chi connectivity index (χ3v) is 2.13. The first-order valence-electron chi connectivity index (χ1n) is 4.72. The molecule has 4 heteroatoms. The van der Waals surface area contributed by atoms with Gasteiger partial charge in [-0.25, -0.2) is 4.98 Å². The Balaban J connectivity index is 2.66. The maximum atomic E-state index is 5.53. The van der Waals surface area contributed by atoms with Crippen molar-refractivity contribution in [2.45, 2.75) is 20.3 Å². The van der Waals surface area contributed by atoms with Crippen LogP contribution in [0.25, 0.3) is 5.65 Å². The minimum Gasteiger partial charge on any atom is -0.330 e. The molecule has 0 saturated heterocycles. The number of hydrogen-bond donors (Lipinski definition) is 1. The fraction of sp³-hybridized carbons (Fsp3) is 0.400. The zero-order valence-electron chi connectivity index (χ0n) is 8.49. The Bertz CT molecular complexity index is 458. The van der Waals surface area contributed by atoms with E-state index in [-0.39, 0.29) is 0 Å². The first-order valence-corrected chi connectivity index (χ1v) is 4.72. The summed E-state index contributed by atoms with van der Waals surface area (Å²) in [6, 6.07) is 0. The monoisotopic (exact) mass is 190 g/mol. The number of aryl methyl sites for hydroxylation is 2. The van der Waals surface area contributed by atoms with E-state index < -0.39 is 0 Å². The lowest BCUT2D eigenvalue weighted by Gasteiger charge is -2.02. The number of nitrogens with zero attached hydrogens (tertiary/aromatic N) is 3. The standard InChI is InChI=1S/C10H14N4/c1-7-5-14-6-8(2)13-10(14)9(12-7)3-4-11/h5-6H,3-4,11H2,1-2H3. The highest BCUT2D eigenvalue weighted by molar-refractivity contribution is 5.45. The van der Waals surface area contributed by atoms with Crippen LogP contribution in [0.3, 0.4) is 0 Å². The Kier molecular flexibility index (Phi) is 2.21. The normalized spacial score (nSPS) is 11.1. The number of nitrogens with two attached hydrogens (primary N) is 1. The molecule has 14 heavy (non-hydrogen) atoms. The van der Waals surface area contributed by atoms with E-state index in [4.69, 9.17) is 5.73 Å². The van der Waals surface area contributed by atoms with E-state index in [0.717, 1.165) is 29.1 Å². The Labute approximate surface area is 82.8 Å². The predicted octanol–water partition coefficient (Wildman–Crippen LogP) is 0.847. The lowest BCUT2D eigenvalue weighted by atomic mass is 10.3. The molecule has 0 radical (unpaired) electrons. The second kappa shape index (κ2) is 3.38. The van der Waals surface area contributed by atoms with Gasteiger partial charge in [-0.2, -0.15) is 0 Å². The lowest BCUT2D eigenvalue weighted by Crippen LogP contribution is -2.07. The van der Waals surface area contributed by atoms with Gasteiger partial charge in [-0.15, -0.1) is 0 Å². The number of aromatic nitrogens is 3. The van der Waals surface area contributed by atoms with E-state index in [0.29, 0.717) is 6.54 Å². The largest absolute Gasteiger partial charge is 0.330 e. The summed E-state index contributed by atoms with van der Waals surface area (Å²) in [5.41, 5.74) is 9.46. The van der Waals surface area contributed by atoms with Gasteiger partial charge in [0.05, 0.1) is 17.1 Å². The number of imidazole rings is 1. The van der Waals surface area contributed by atoms with E-state index in [1.807, 2.05) is 30.6 Å². The summed E-state index contributed by atoms with van der Waals surface area (Å²) in [7, 11) is 0. The molecule has 0 aliphatic heterocycles. The zero-order valence-corrected chi connectivity index (χ0v) is 8.49.